The number of hydrogen-bond donors (Lipinski definition) is 3. The number of thioether (sulfide) groups is 1. The number of rotatable bonds is 8. The highest BCUT2D eigenvalue weighted by Gasteiger charge is 2.52. The van der Waals surface area contributed by atoms with Crippen LogP contribution in [0.5, 0.6) is 0 Å². The maximum Gasteiger partial charge on any atom is 0.344 e. The van der Waals surface area contributed by atoms with Crippen molar-refractivity contribution in [2.75, 3.05) is 11.1 Å². The maximum atomic E-state index is 13.3. The molecule has 4 rings (SSSR count). The standard InChI is InChI=1S/C21H19FN6O3S2/c1-2-21(13-7-4-3-5-8-13)17(30)28(19(31)24-21)27-16(29)12-32-20-26-25-18(33-20)23-15-10-6-9-14(22)11-15/h3-11H,2,12H2,1H3,(H,23,25)(H,24,31)(H,27,29). The SMILES string of the molecule is CCC1(c2ccccc2)NC(=O)N(NC(=O)CSc2nnc(Nc3cccc(F)c3)s2)C1=O. The molecule has 0 bridgehead atoms. The van der Waals surface area contributed by atoms with Gasteiger partial charge in [-0.15, -0.1) is 10.2 Å². The van der Waals surface area contributed by atoms with Crippen LogP contribution in [0.4, 0.5) is 20.0 Å². The second kappa shape index (κ2) is 9.55. The predicted octanol–water partition coefficient (Wildman–Crippen LogP) is 3.40. The molecule has 33 heavy (non-hydrogen) atoms. The number of urea groups is 1. The molecule has 1 saturated heterocycles. The van der Waals surface area contributed by atoms with Crippen LogP contribution in [0.1, 0.15) is 18.9 Å². The minimum Gasteiger partial charge on any atom is -0.330 e. The number of carbonyl (C=O) groups excluding carboxylic acids is 3. The van der Waals surface area contributed by atoms with Crippen molar-refractivity contribution in [2.45, 2.75) is 23.2 Å². The molecule has 1 aliphatic heterocycles. The van der Waals surface area contributed by atoms with Gasteiger partial charge in [0.05, 0.1) is 5.75 Å². The summed E-state index contributed by atoms with van der Waals surface area (Å²) >= 11 is 2.29. The summed E-state index contributed by atoms with van der Waals surface area (Å²) in [4.78, 5) is 37.9. The van der Waals surface area contributed by atoms with E-state index in [0.29, 0.717) is 27.1 Å². The van der Waals surface area contributed by atoms with Gasteiger partial charge in [0.15, 0.2) is 4.34 Å². The van der Waals surface area contributed by atoms with Gasteiger partial charge in [0, 0.05) is 5.69 Å². The average Bonchev–Trinajstić information content (AvgIpc) is 3.36. The van der Waals surface area contributed by atoms with Crippen molar-refractivity contribution in [1.29, 1.82) is 0 Å². The molecule has 0 saturated carbocycles. The molecule has 12 heteroatoms. The van der Waals surface area contributed by atoms with Crippen LogP contribution in [-0.2, 0) is 15.1 Å². The van der Waals surface area contributed by atoms with E-state index < -0.39 is 23.4 Å². The van der Waals surface area contributed by atoms with Gasteiger partial charge in [0.2, 0.25) is 11.0 Å². The molecule has 0 spiro atoms. The van der Waals surface area contributed by atoms with Gasteiger partial charge in [-0.25, -0.2) is 9.18 Å². The van der Waals surface area contributed by atoms with Crippen molar-refractivity contribution in [1.82, 2.24) is 25.9 Å². The minimum absolute atomic E-state index is 0.0872. The highest BCUT2D eigenvalue weighted by molar-refractivity contribution is 8.01. The number of anilines is 2. The van der Waals surface area contributed by atoms with Crippen LogP contribution in [0.2, 0.25) is 0 Å². The van der Waals surface area contributed by atoms with E-state index in [1.807, 2.05) is 6.07 Å². The lowest BCUT2D eigenvalue weighted by atomic mass is 9.87. The average molecular weight is 487 g/mol. The number of benzene rings is 2. The van der Waals surface area contributed by atoms with Gasteiger partial charge in [0.1, 0.15) is 11.4 Å². The van der Waals surface area contributed by atoms with E-state index in [9.17, 15) is 18.8 Å². The van der Waals surface area contributed by atoms with Gasteiger partial charge in [-0.1, -0.05) is 66.4 Å². The largest absolute Gasteiger partial charge is 0.344 e. The van der Waals surface area contributed by atoms with Crippen LogP contribution < -0.4 is 16.1 Å². The van der Waals surface area contributed by atoms with Gasteiger partial charge in [0.25, 0.3) is 5.91 Å². The summed E-state index contributed by atoms with van der Waals surface area (Å²) in [5.74, 6) is -1.55. The molecular weight excluding hydrogens is 467 g/mol. The fourth-order valence-corrected chi connectivity index (χ4v) is 4.90. The number of carbonyl (C=O) groups is 3. The molecule has 0 aliphatic carbocycles. The summed E-state index contributed by atoms with van der Waals surface area (Å²) < 4.78 is 13.8. The summed E-state index contributed by atoms with van der Waals surface area (Å²) in [6, 6.07) is 14.1. The first-order chi connectivity index (χ1) is 15.9. The molecule has 9 nitrogen and oxygen atoms in total. The van der Waals surface area contributed by atoms with E-state index in [0.717, 1.165) is 16.8 Å². The van der Waals surface area contributed by atoms with Crippen LogP contribution in [0, 0.1) is 5.82 Å². The summed E-state index contributed by atoms with van der Waals surface area (Å²) in [7, 11) is 0. The molecule has 3 N–H and O–H groups in total. The van der Waals surface area contributed by atoms with Crippen LogP contribution >= 0.6 is 23.1 Å². The molecule has 1 aliphatic rings. The first-order valence-corrected chi connectivity index (χ1v) is 11.7. The van der Waals surface area contributed by atoms with Crippen molar-refractivity contribution < 1.29 is 18.8 Å². The molecule has 0 radical (unpaired) electrons. The molecule has 1 unspecified atom stereocenters. The Labute approximate surface area is 196 Å². The number of imide groups is 1. The normalized spacial score (nSPS) is 17.7. The monoisotopic (exact) mass is 486 g/mol. The molecule has 1 atom stereocenters. The number of hydrogen-bond acceptors (Lipinski definition) is 8. The van der Waals surface area contributed by atoms with Gasteiger partial charge in [-0.2, -0.15) is 5.01 Å². The fourth-order valence-electron chi connectivity index (χ4n) is 3.33. The Hall–Kier alpha value is -3.51. The van der Waals surface area contributed by atoms with Gasteiger partial charge < -0.3 is 10.6 Å². The summed E-state index contributed by atoms with van der Waals surface area (Å²) in [6.07, 6.45) is 0.328. The smallest absolute Gasteiger partial charge is 0.330 e. The zero-order valence-electron chi connectivity index (χ0n) is 17.4. The van der Waals surface area contributed by atoms with E-state index in [1.54, 1.807) is 43.3 Å². The molecule has 170 valence electrons. The first-order valence-electron chi connectivity index (χ1n) is 9.92. The lowest BCUT2D eigenvalue weighted by molar-refractivity contribution is -0.138. The third-order valence-corrected chi connectivity index (χ3v) is 6.91. The van der Waals surface area contributed by atoms with E-state index >= 15 is 0 Å². The van der Waals surface area contributed by atoms with E-state index in [1.165, 1.54) is 23.5 Å². The number of hydrazine groups is 1. The second-order valence-corrected chi connectivity index (χ2v) is 9.23. The molecule has 2 heterocycles. The van der Waals surface area contributed by atoms with E-state index in [2.05, 4.69) is 26.3 Å². The minimum atomic E-state index is -1.23. The van der Waals surface area contributed by atoms with Crippen LogP contribution in [-0.4, -0.2) is 38.8 Å². The van der Waals surface area contributed by atoms with Gasteiger partial charge >= 0.3 is 6.03 Å². The van der Waals surface area contributed by atoms with Crippen molar-refractivity contribution in [2.24, 2.45) is 0 Å². The molecular formula is C21H19FN6O3S2. The number of amides is 4. The molecule has 4 amide bonds. The molecule has 1 aromatic heterocycles. The Balaban J connectivity index is 1.35. The maximum absolute atomic E-state index is 13.3. The van der Waals surface area contributed by atoms with Gasteiger partial charge in [-0.05, 0) is 30.2 Å². The summed E-state index contributed by atoms with van der Waals surface area (Å²) in [5.41, 5.74) is 2.31. The van der Waals surface area contributed by atoms with Crippen LogP contribution in [0.3, 0.4) is 0 Å². The third kappa shape index (κ3) is 4.81. The first kappa shape index (κ1) is 22.7. The number of halogens is 1. The van der Waals surface area contributed by atoms with E-state index in [4.69, 9.17) is 0 Å². The van der Waals surface area contributed by atoms with Crippen LogP contribution in [0.25, 0.3) is 0 Å². The molecule has 3 aromatic rings. The molecule has 1 fully saturated rings. The third-order valence-electron chi connectivity index (χ3n) is 4.93. The van der Waals surface area contributed by atoms with Crippen molar-refractivity contribution in [3.63, 3.8) is 0 Å². The topological polar surface area (TPSA) is 116 Å². The van der Waals surface area contributed by atoms with E-state index in [-0.39, 0.29) is 11.6 Å². The molecule has 2 aromatic carbocycles. The Morgan fingerprint density at radius 2 is 1.97 bits per heavy atom. The predicted molar refractivity (Wildman–Crippen MR) is 122 cm³/mol. The van der Waals surface area contributed by atoms with Crippen molar-refractivity contribution in [3.05, 3.63) is 66.0 Å². The Morgan fingerprint density at radius 3 is 2.70 bits per heavy atom. The van der Waals surface area contributed by atoms with Crippen LogP contribution in [0.15, 0.2) is 58.9 Å². The highest BCUT2D eigenvalue weighted by atomic mass is 32.2. The zero-order chi connectivity index (χ0) is 23.4. The Morgan fingerprint density at radius 1 is 1.18 bits per heavy atom. The fraction of sp³-hybridized carbons (Fsp3) is 0.190. The highest BCUT2D eigenvalue weighted by Crippen LogP contribution is 2.32. The Bertz CT molecular complexity index is 1190. The van der Waals surface area contributed by atoms with Gasteiger partial charge in [-0.3, -0.25) is 15.0 Å². The summed E-state index contributed by atoms with van der Waals surface area (Å²) in [6.45, 7) is 1.79. The lowest BCUT2D eigenvalue weighted by Gasteiger charge is -2.25. The second-order valence-electron chi connectivity index (χ2n) is 7.03. The number of aromatic nitrogens is 2. The van der Waals surface area contributed by atoms with Crippen molar-refractivity contribution in [3.8, 4) is 0 Å². The van der Waals surface area contributed by atoms with Crippen molar-refractivity contribution >= 4 is 51.8 Å². The quantitative estimate of drug-likeness (QED) is 0.330. The number of nitrogens with zero attached hydrogens (tertiary/aromatic N) is 3. The number of nitrogens with one attached hydrogen (secondary N) is 3. The Kier molecular flexibility index (Phi) is 6.56. The lowest BCUT2D eigenvalue weighted by Crippen LogP contribution is -2.49. The zero-order valence-corrected chi connectivity index (χ0v) is 19.0. The summed E-state index contributed by atoms with van der Waals surface area (Å²) in [5, 5.41) is 14.7.